The van der Waals surface area contributed by atoms with E-state index < -0.39 is 6.10 Å². The van der Waals surface area contributed by atoms with Gasteiger partial charge in [0.2, 0.25) is 0 Å². The van der Waals surface area contributed by atoms with Crippen molar-refractivity contribution in [3.63, 3.8) is 0 Å². The maximum atomic E-state index is 9.51. The second kappa shape index (κ2) is 7.27. The molecule has 0 saturated carbocycles. The number of nitrogens with zero attached hydrogens (tertiary/aromatic N) is 1. The molecule has 1 atom stereocenters. The van der Waals surface area contributed by atoms with Crippen molar-refractivity contribution in [2.75, 3.05) is 24.6 Å². The molecule has 0 saturated heterocycles. The smallest absolute Gasteiger partial charge is 0.0945 e. The van der Waals surface area contributed by atoms with Gasteiger partial charge in [-0.15, -0.1) is 0 Å². The van der Waals surface area contributed by atoms with Crippen LogP contribution in [0.3, 0.4) is 0 Å². The highest BCUT2D eigenvalue weighted by molar-refractivity contribution is 5.47. The number of hydrogen-bond acceptors (Lipinski definition) is 4. The Morgan fingerprint density at radius 1 is 1.29 bits per heavy atom. The van der Waals surface area contributed by atoms with E-state index in [1.165, 1.54) is 0 Å². The molecule has 96 valence electrons. The lowest BCUT2D eigenvalue weighted by molar-refractivity contribution is 0.0998. The van der Waals surface area contributed by atoms with Gasteiger partial charge in [0.1, 0.15) is 0 Å². The van der Waals surface area contributed by atoms with Gasteiger partial charge in [0.15, 0.2) is 0 Å². The molecule has 0 aliphatic carbocycles. The monoisotopic (exact) mass is 238 g/mol. The summed E-state index contributed by atoms with van der Waals surface area (Å²) in [6.07, 6.45) is 0.298. The molecule has 0 fully saturated rings. The number of aliphatic hydroxyl groups excluding tert-OH is 2. The molecule has 1 aromatic rings. The lowest BCUT2D eigenvalue weighted by atomic mass is 10.2. The molecule has 17 heavy (non-hydrogen) atoms. The Kier molecular flexibility index (Phi) is 5.97. The van der Waals surface area contributed by atoms with E-state index in [1.54, 1.807) is 0 Å². The minimum atomic E-state index is -0.698. The van der Waals surface area contributed by atoms with Crippen molar-refractivity contribution in [3.05, 3.63) is 29.8 Å². The first-order valence-corrected chi connectivity index (χ1v) is 6.04. The van der Waals surface area contributed by atoms with Crippen LogP contribution in [0.1, 0.15) is 18.9 Å². The summed E-state index contributed by atoms with van der Waals surface area (Å²) in [4.78, 5) is 2.07. The third-order valence-electron chi connectivity index (χ3n) is 2.67. The normalized spacial score (nSPS) is 12.5. The topological polar surface area (TPSA) is 69.7 Å². The lowest BCUT2D eigenvalue weighted by Gasteiger charge is -2.26. The van der Waals surface area contributed by atoms with E-state index in [4.69, 9.17) is 10.8 Å². The molecule has 1 unspecified atom stereocenters. The van der Waals surface area contributed by atoms with Crippen LogP contribution in [-0.2, 0) is 6.54 Å². The van der Waals surface area contributed by atoms with Crippen LogP contribution in [0, 0.1) is 0 Å². The summed E-state index contributed by atoms with van der Waals surface area (Å²) >= 11 is 0. The molecule has 1 aromatic carbocycles. The van der Waals surface area contributed by atoms with Crippen LogP contribution < -0.4 is 10.6 Å². The van der Waals surface area contributed by atoms with Crippen molar-refractivity contribution < 1.29 is 10.2 Å². The van der Waals surface area contributed by atoms with E-state index >= 15 is 0 Å². The van der Waals surface area contributed by atoms with Gasteiger partial charge in [0, 0.05) is 25.3 Å². The van der Waals surface area contributed by atoms with Crippen molar-refractivity contribution >= 4 is 5.69 Å². The van der Waals surface area contributed by atoms with Gasteiger partial charge >= 0.3 is 0 Å². The molecule has 0 spiro atoms. The summed E-state index contributed by atoms with van der Waals surface area (Å²) in [6.45, 7) is 3.73. The van der Waals surface area contributed by atoms with E-state index in [1.807, 2.05) is 24.3 Å². The van der Waals surface area contributed by atoms with Crippen molar-refractivity contribution in [1.29, 1.82) is 0 Å². The van der Waals surface area contributed by atoms with Gasteiger partial charge in [-0.05, 0) is 24.1 Å². The highest BCUT2D eigenvalue weighted by Gasteiger charge is 2.10. The Balaban J connectivity index is 2.73. The third kappa shape index (κ3) is 4.34. The first-order valence-electron chi connectivity index (χ1n) is 6.04. The molecule has 0 aliphatic heterocycles. The fourth-order valence-corrected chi connectivity index (χ4v) is 1.75. The third-order valence-corrected chi connectivity index (χ3v) is 2.67. The highest BCUT2D eigenvalue weighted by Crippen LogP contribution is 2.16. The molecule has 0 aromatic heterocycles. The molecule has 0 radical (unpaired) electrons. The maximum absolute atomic E-state index is 9.51. The van der Waals surface area contributed by atoms with Crippen LogP contribution >= 0.6 is 0 Å². The van der Waals surface area contributed by atoms with E-state index in [9.17, 15) is 5.11 Å². The van der Waals surface area contributed by atoms with E-state index in [0.29, 0.717) is 13.1 Å². The van der Waals surface area contributed by atoms with Crippen molar-refractivity contribution in [2.24, 2.45) is 5.73 Å². The average Bonchev–Trinajstić information content (AvgIpc) is 2.38. The molecule has 4 nitrogen and oxygen atoms in total. The van der Waals surface area contributed by atoms with Crippen molar-refractivity contribution in [3.8, 4) is 0 Å². The number of anilines is 1. The predicted molar refractivity (Wildman–Crippen MR) is 69.9 cm³/mol. The molecule has 0 heterocycles. The van der Waals surface area contributed by atoms with Gasteiger partial charge in [-0.1, -0.05) is 19.1 Å². The molecule has 1 rings (SSSR count). The minimum absolute atomic E-state index is 0.207. The Hall–Kier alpha value is -1.10. The summed E-state index contributed by atoms with van der Waals surface area (Å²) in [5, 5.41) is 18.4. The second-order valence-electron chi connectivity index (χ2n) is 4.15. The zero-order chi connectivity index (χ0) is 12.7. The van der Waals surface area contributed by atoms with Crippen LogP contribution in [-0.4, -0.2) is 36.0 Å². The Morgan fingerprint density at radius 3 is 2.41 bits per heavy atom. The van der Waals surface area contributed by atoms with Crippen LogP contribution in [0.4, 0.5) is 5.69 Å². The standard InChI is InChI=1S/C13H22N2O2/c1-2-7-15(9-13(17)10-16)12-5-3-11(8-14)4-6-12/h3-6,13,16-17H,2,7-10,14H2,1H3. The van der Waals surface area contributed by atoms with Gasteiger partial charge in [0.05, 0.1) is 12.7 Å². The van der Waals surface area contributed by atoms with E-state index in [-0.39, 0.29) is 6.61 Å². The summed E-state index contributed by atoms with van der Waals surface area (Å²) < 4.78 is 0. The van der Waals surface area contributed by atoms with Crippen molar-refractivity contribution in [1.82, 2.24) is 0 Å². The summed E-state index contributed by atoms with van der Waals surface area (Å²) in [6, 6.07) is 7.98. The summed E-state index contributed by atoms with van der Waals surface area (Å²) in [7, 11) is 0. The van der Waals surface area contributed by atoms with Crippen LogP contribution in [0.25, 0.3) is 0 Å². The fraction of sp³-hybridized carbons (Fsp3) is 0.538. The Morgan fingerprint density at radius 2 is 1.94 bits per heavy atom. The Bertz CT molecular complexity index is 314. The average molecular weight is 238 g/mol. The number of benzene rings is 1. The predicted octanol–water partition coefficient (Wildman–Crippen LogP) is 0.715. The number of aliphatic hydroxyl groups is 2. The summed E-state index contributed by atoms with van der Waals surface area (Å²) in [5.41, 5.74) is 7.69. The van der Waals surface area contributed by atoms with E-state index in [0.717, 1.165) is 24.2 Å². The minimum Gasteiger partial charge on any atom is -0.394 e. The zero-order valence-electron chi connectivity index (χ0n) is 10.3. The zero-order valence-corrected chi connectivity index (χ0v) is 10.3. The maximum Gasteiger partial charge on any atom is 0.0945 e. The highest BCUT2D eigenvalue weighted by atomic mass is 16.3. The quantitative estimate of drug-likeness (QED) is 0.654. The second-order valence-corrected chi connectivity index (χ2v) is 4.15. The number of hydrogen-bond donors (Lipinski definition) is 3. The first-order chi connectivity index (χ1) is 8.21. The molecule has 0 bridgehead atoms. The largest absolute Gasteiger partial charge is 0.394 e. The van der Waals surface area contributed by atoms with E-state index in [2.05, 4.69) is 11.8 Å². The van der Waals surface area contributed by atoms with Gasteiger partial charge in [-0.2, -0.15) is 0 Å². The lowest BCUT2D eigenvalue weighted by Crippen LogP contribution is -2.34. The van der Waals surface area contributed by atoms with Gasteiger partial charge in [-0.25, -0.2) is 0 Å². The molecular formula is C13H22N2O2. The first kappa shape index (κ1) is 14.0. The summed E-state index contributed by atoms with van der Waals surface area (Å²) in [5.74, 6) is 0. The van der Waals surface area contributed by atoms with Gasteiger partial charge < -0.3 is 20.8 Å². The SMILES string of the molecule is CCCN(CC(O)CO)c1ccc(CN)cc1. The molecular weight excluding hydrogens is 216 g/mol. The molecule has 0 amide bonds. The Labute approximate surface area is 103 Å². The van der Waals surface area contributed by atoms with Crippen molar-refractivity contribution in [2.45, 2.75) is 26.0 Å². The molecule has 0 aliphatic rings. The van der Waals surface area contributed by atoms with Gasteiger partial charge in [0.25, 0.3) is 0 Å². The van der Waals surface area contributed by atoms with Crippen LogP contribution in [0.5, 0.6) is 0 Å². The van der Waals surface area contributed by atoms with Crippen LogP contribution in [0.15, 0.2) is 24.3 Å². The fourth-order valence-electron chi connectivity index (χ4n) is 1.75. The number of rotatable bonds is 7. The van der Waals surface area contributed by atoms with Gasteiger partial charge in [-0.3, -0.25) is 0 Å². The van der Waals surface area contributed by atoms with Crippen LogP contribution in [0.2, 0.25) is 0 Å². The molecule has 4 heteroatoms. The number of nitrogens with two attached hydrogens (primary N) is 1. The molecule has 4 N–H and O–H groups in total.